The Balaban J connectivity index is 1.88. The normalized spacial score (nSPS) is 26.6. The summed E-state index contributed by atoms with van der Waals surface area (Å²) in [6, 6.07) is 19.9. The molecule has 0 radical (unpaired) electrons. The largest absolute Gasteiger partial charge is 0.371 e. The Kier molecular flexibility index (Phi) is 4.69. The number of amides is 1. The van der Waals surface area contributed by atoms with Crippen LogP contribution >= 0.6 is 0 Å². The molecule has 2 N–H and O–H groups in total. The van der Waals surface area contributed by atoms with E-state index in [1.54, 1.807) is 6.92 Å². The van der Waals surface area contributed by atoms with Gasteiger partial charge in [-0.2, -0.15) is 0 Å². The number of nitrogens with one attached hydrogen (secondary N) is 1. The van der Waals surface area contributed by atoms with Gasteiger partial charge in [0, 0.05) is 19.0 Å². The SMILES string of the molecule is C[C@@H]1[C@@H](N(Cc2ccccc2)Cc2ccccc2)C(=O)NC1(C)O. The van der Waals surface area contributed by atoms with Crippen LogP contribution in [0.2, 0.25) is 0 Å². The first-order chi connectivity index (χ1) is 11.5. The van der Waals surface area contributed by atoms with Gasteiger partial charge in [-0.15, -0.1) is 0 Å². The topological polar surface area (TPSA) is 52.6 Å². The van der Waals surface area contributed by atoms with E-state index in [0.29, 0.717) is 13.1 Å². The van der Waals surface area contributed by atoms with E-state index >= 15 is 0 Å². The maximum absolute atomic E-state index is 12.5. The predicted molar refractivity (Wildman–Crippen MR) is 93.8 cm³/mol. The van der Waals surface area contributed by atoms with Crippen molar-refractivity contribution in [1.82, 2.24) is 10.2 Å². The molecule has 1 aliphatic rings. The van der Waals surface area contributed by atoms with Crippen molar-refractivity contribution in [2.75, 3.05) is 0 Å². The highest BCUT2D eigenvalue weighted by molar-refractivity contribution is 5.85. The second kappa shape index (κ2) is 6.75. The highest BCUT2D eigenvalue weighted by atomic mass is 16.3. The van der Waals surface area contributed by atoms with Crippen molar-refractivity contribution >= 4 is 5.91 Å². The fourth-order valence-corrected chi connectivity index (χ4v) is 3.34. The Morgan fingerprint density at radius 2 is 1.46 bits per heavy atom. The van der Waals surface area contributed by atoms with Crippen molar-refractivity contribution in [3.05, 3.63) is 71.8 Å². The molecule has 0 saturated carbocycles. The molecular weight excluding hydrogens is 300 g/mol. The molecule has 1 heterocycles. The lowest BCUT2D eigenvalue weighted by molar-refractivity contribution is -0.125. The van der Waals surface area contributed by atoms with Crippen LogP contribution in [0.1, 0.15) is 25.0 Å². The molecule has 0 bridgehead atoms. The van der Waals surface area contributed by atoms with Crippen molar-refractivity contribution in [2.45, 2.75) is 38.7 Å². The molecule has 1 fully saturated rings. The van der Waals surface area contributed by atoms with Gasteiger partial charge >= 0.3 is 0 Å². The van der Waals surface area contributed by atoms with Crippen molar-refractivity contribution in [3.8, 4) is 0 Å². The third kappa shape index (κ3) is 3.50. The van der Waals surface area contributed by atoms with Crippen molar-refractivity contribution in [2.24, 2.45) is 5.92 Å². The number of hydrogen-bond acceptors (Lipinski definition) is 3. The minimum Gasteiger partial charge on any atom is -0.371 e. The Morgan fingerprint density at radius 1 is 1.00 bits per heavy atom. The molecule has 2 aromatic carbocycles. The third-order valence-corrected chi connectivity index (χ3v) is 4.86. The molecule has 3 rings (SSSR count). The van der Waals surface area contributed by atoms with Crippen LogP contribution in [0.5, 0.6) is 0 Å². The van der Waals surface area contributed by atoms with Gasteiger partial charge in [0.05, 0.1) is 6.04 Å². The summed E-state index contributed by atoms with van der Waals surface area (Å²) in [5.74, 6) is -0.309. The summed E-state index contributed by atoms with van der Waals surface area (Å²) < 4.78 is 0. The average Bonchev–Trinajstić information content (AvgIpc) is 2.76. The minimum atomic E-state index is -1.17. The first-order valence-corrected chi connectivity index (χ1v) is 8.33. The fourth-order valence-electron chi connectivity index (χ4n) is 3.34. The van der Waals surface area contributed by atoms with E-state index in [2.05, 4.69) is 34.5 Å². The lowest BCUT2D eigenvalue weighted by Gasteiger charge is -2.32. The smallest absolute Gasteiger partial charge is 0.240 e. The van der Waals surface area contributed by atoms with Crippen LogP contribution in [0, 0.1) is 5.92 Å². The molecule has 24 heavy (non-hydrogen) atoms. The van der Waals surface area contributed by atoms with E-state index < -0.39 is 5.72 Å². The first kappa shape index (κ1) is 16.7. The minimum absolute atomic E-state index is 0.112. The molecule has 1 aliphatic heterocycles. The zero-order chi connectivity index (χ0) is 17.2. The summed E-state index contributed by atoms with van der Waals surface area (Å²) in [6.07, 6.45) is 0. The van der Waals surface area contributed by atoms with Gasteiger partial charge in [0.25, 0.3) is 0 Å². The second-order valence-corrected chi connectivity index (χ2v) is 6.75. The molecule has 4 heteroatoms. The molecule has 1 saturated heterocycles. The standard InChI is InChI=1S/C20H24N2O2/c1-15-18(19(23)21-20(15,2)24)22(13-16-9-5-3-6-10-16)14-17-11-7-4-8-12-17/h3-12,15,18,24H,13-14H2,1-2H3,(H,21,23)/t15-,18-,20?/m1/s1. The quantitative estimate of drug-likeness (QED) is 0.889. The molecule has 3 atom stereocenters. The average molecular weight is 324 g/mol. The monoisotopic (exact) mass is 324 g/mol. The van der Waals surface area contributed by atoms with E-state index in [9.17, 15) is 9.90 Å². The highest BCUT2D eigenvalue weighted by Crippen LogP contribution is 2.30. The number of hydrogen-bond donors (Lipinski definition) is 2. The number of carbonyl (C=O) groups excluding carboxylic acids is 1. The van der Waals surface area contributed by atoms with Gasteiger partial charge in [-0.3, -0.25) is 9.69 Å². The molecular formula is C20H24N2O2. The zero-order valence-corrected chi connectivity index (χ0v) is 14.1. The van der Waals surface area contributed by atoms with E-state index in [1.807, 2.05) is 43.3 Å². The van der Waals surface area contributed by atoms with E-state index in [1.165, 1.54) is 0 Å². The summed E-state index contributed by atoms with van der Waals surface area (Å²) in [7, 11) is 0. The fraction of sp³-hybridized carbons (Fsp3) is 0.350. The second-order valence-electron chi connectivity index (χ2n) is 6.75. The number of aliphatic hydroxyl groups is 1. The van der Waals surface area contributed by atoms with Crippen LogP contribution in [-0.2, 0) is 17.9 Å². The molecule has 1 unspecified atom stereocenters. The molecule has 0 aromatic heterocycles. The lowest BCUT2D eigenvalue weighted by atomic mass is 9.94. The van der Waals surface area contributed by atoms with Crippen molar-refractivity contribution in [1.29, 1.82) is 0 Å². The molecule has 0 spiro atoms. The Hall–Kier alpha value is -2.17. The van der Waals surface area contributed by atoms with Crippen LogP contribution in [-0.4, -0.2) is 27.7 Å². The summed E-state index contributed by atoms with van der Waals surface area (Å²) in [6.45, 7) is 4.91. The Morgan fingerprint density at radius 3 is 1.83 bits per heavy atom. The van der Waals surface area contributed by atoms with Crippen LogP contribution in [0.3, 0.4) is 0 Å². The van der Waals surface area contributed by atoms with Crippen LogP contribution in [0.25, 0.3) is 0 Å². The summed E-state index contributed by atoms with van der Waals surface area (Å²) in [4.78, 5) is 14.7. The van der Waals surface area contributed by atoms with Gasteiger partial charge in [-0.05, 0) is 18.1 Å². The van der Waals surface area contributed by atoms with Gasteiger partial charge in [0.2, 0.25) is 5.91 Å². The van der Waals surface area contributed by atoms with Gasteiger partial charge in [-0.1, -0.05) is 67.6 Å². The maximum atomic E-state index is 12.5. The number of carbonyl (C=O) groups is 1. The number of benzene rings is 2. The number of rotatable bonds is 5. The Bertz CT molecular complexity index is 644. The third-order valence-electron chi connectivity index (χ3n) is 4.86. The predicted octanol–water partition coefficient (Wildman–Crippen LogP) is 2.53. The Labute approximate surface area is 143 Å². The van der Waals surface area contributed by atoms with Crippen LogP contribution in [0.15, 0.2) is 60.7 Å². The first-order valence-electron chi connectivity index (χ1n) is 8.33. The maximum Gasteiger partial charge on any atom is 0.240 e. The van der Waals surface area contributed by atoms with Gasteiger partial charge in [0.15, 0.2) is 0 Å². The van der Waals surface area contributed by atoms with Crippen molar-refractivity contribution in [3.63, 3.8) is 0 Å². The summed E-state index contributed by atoms with van der Waals surface area (Å²) in [5.41, 5.74) is 1.13. The van der Waals surface area contributed by atoms with E-state index in [4.69, 9.17) is 0 Å². The molecule has 0 aliphatic carbocycles. The number of nitrogens with zero attached hydrogens (tertiary/aromatic N) is 1. The van der Waals surface area contributed by atoms with Gasteiger partial charge in [-0.25, -0.2) is 0 Å². The summed E-state index contributed by atoms with van der Waals surface area (Å²) >= 11 is 0. The van der Waals surface area contributed by atoms with Crippen molar-refractivity contribution < 1.29 is 9.90 Å². The zero-order valence-electron chi connectivity index (χ0n) is 14.1. The molecule has 126 valence electrons. The molecule has 1 amide bonds. The molecule has 2 aromatic rings. The lowest BCUT2D eigenvalue weighted by Crippen LogP contribution is -2.44. The van der Waals surface area contributed by atoms with Crippen LogP contribution < -0.4 is 5.32 Å². The van der Waals surface area contributed by atoms with Crippen LogP contribution in [0.4, 0.5) is 0 Å². The van der Waals surface area contributed by atoms with Gasteiger partial charge in [0.1, 0.15) is 5.72 Å². The van der Waals surface area contributed by atoms with E-state index in [-0.39, 0.29) is 17.9 Å². The highest BCUT2D eigenvalue weighted by Gasteiger charge is 2.49. The van der Waals surface area contributed by atoms with Gasteiger partial charge < -0.3 is 10.4 Å². The summed E-state index contributed by atoms with van der Waals surface area (Å²) in [5, 5.41) is 13.1. The van der Waals surface area contributed by atoms with E-state index in [0.717, 1.165) is 11.1 Å². The molecule has 4 nitrogen and oxygen atoms in total.